The number of methoxy groups -OCH3 is 1. The Labute approximate surface area is 123 Å². The predicted molar refractivity (Wildman–Crippen MR) is 80.7 cm³/mol. The molecule has 0 saturated carbocycles. The molecule has 1 aromatic carbocycles. The molecule has 1 heterocycles. The first kappa shape index (κ1) is 14.5. The SMILES string of the molecule is CCOc1ncccc1NCc1cc(Cl)ccc1OC. The summed E-state index contributed by atoms with van der Waals surface area (Å²) < 4.78 is 10.8. The molecule has 0 spiro atoms. The lowest BCUT2D eigenvalue weighted by molar-refractivity contribution is 0.328. The molecule has 1 N–H and O–H groups in total. The van der Waals surface area contributed by atoms with E-state index in [4.69, 9.17) is 21.1 Å². The molecule has 0 atom stereocenters. The van der Waals surface area contributed by atoms with Crippen LogP contribution < -0.4 is 14.8 Å². The molecule has 0 bridgehead atoms. The summed E-state index contributed by atoms with van der Waals surface area (Å²) in [4.78, 5) is 4.20. The van der Waals surface area contributed by atoms with Crippen LogP contribution in [0.3, 0.4) is 0 Å². The highest BCUT2D eigenvalue weighted by atomic mass is 35.5. The van der Waals surface area contributed by atoms with Crippen molar-refractivity contribution < 1.29 is 9.47 Å². The summed E-state index contributed by atoms with van der Waals surface area (Å²) in [5.41, 5.74) is 1.82. The number of aromatic nitrogens is 1. The molecule has 1 aromatic heterocycles. The van der Waals surface area contributed by atoms with Gasteiger partial charge in [0.1, 0.15) is 5.75 Å². The molecule has 0 aliphatic rings. The van der Waals surface area contributed by atoms with Gasteiger partial charge in [0, 0.05) is 23.3 Å². The van der Waals surface area contributed by atoms with Crippen molar-refractivity contribution in [2.45, 2.75) is 13.5 Å². The van der Waals surface area contributed by atoms with Crippen LogP contribution in [0.25, 0.3) is 0 Å². The van der Waals surface area contributed by atoms with Gasteiger partial charge in [0.15, 0.2) is 0 Å². The van der Waals surface area contributed by atoms with E-state index in [0.29, 0.717) is 24.1 Å². The molecular formula is C15H17ClN2O2. The van der Waals surface area contributed by atoms with E-state index >= 15 is 0 Å². The van der Waals surface area contributed by atoms with Gasteiger partial charge in [0.05, 0.1) is 19.4 Å². The molecule has 0 aliphatic heterocycles. The molecule has 0 radical (unpaired) electrons. The van der Waals surface area contributed by atoms with Gasteiger partial charge >= 0.3 is 0 Å². The second kappa shape index (κ2) is 7.01. The molecule has 106 valence electrons. The number of pyridine rings is 1. The maximum Gasteiger partial charge on any atom is 0.237 e. The normalized spacial score (nSPS) is 10.2. The molecule has 0 amide bonds. The first-order valence-corrected chi connectivity index (χ1v) is 6.76. The van der Waals surface area contributed by atoms with E-state index in [1.54, 1.807) is 19.4 Å². The number of anilines is 1. The number of hydrogen-bond acceptors (Lipinski definition) is 4. The minimum absolute atomic E-state index is 0.576. The lowest BCUT2D eigenvalue weighted by Crippen LogP contribution is -2.05. The first-order chi connectivity index (χ1) is 9.74. The van der Waals surface area contributed by atoms with Gasteiger partial charge in [-0.05, 0) is 37.3 Å². The van der Waals surface area contributed by atoms with Crippen molar-refractivity contribution in [3.05, 3.63) is 47.1 Å². The maximum atomic E-state index is 6.02. The Balaban J connectivity index is 2.14. The number of halogens is 1. The molecule has 5 heteroatoms. The standard InChI is InChI=1S/C15H17ClN2O2/c1-3-20-15-13(5-4-8-17-15)18-10-11-9-12(16)6-7-14(11)19-2/h4-9,18H,3,10H2,1-2H3. The van der Waals surface area contributed by atoms with E-state index in [2.05, 4.69) is 10.3 Å². The van der Waals surface area contributed by atoms with Crippen LogP contribution in [0.4, 0.5) is 5.69 Å². The van der Waals surface area contributed by atoms with Crippen LogP contribution in [-0.4, -0.2) is 18.7 Å². The van der Waals surface area contributed by atoms with Gasteiger partial charge in [0.2, 0.25) is 5.88 Å². The van der Waals surface area contributed by atoms with Crippen molar-refractivity contribution in [3.8, 4) is 11.6 Å². The minimum atomic E-state index is 0.576. The second-order valence-electron chi connectivity index (χ2n) is 4.10. The zero-order chi connectivity index (χ0) is 14.4. The fourth-order valence-electron chi connectivity index (χ4n) is 1.85. The lowest BCUT2D eigenvalue weighted by Gasteiger charge is -2.13. The Hall–Kier alpha value is -1.94. The number of nitrogens with zero attached hydrogens (tertiary/aromatic N) is 1. The van der Waals surface area contributed by atoms with Crippen molar-refractivity contribution >= 4 is 17.3 Å². The zero-order valence-corrected chi connectivity index (χ0v) is 12.3. The van der Waals surface area contributed by atoms with Crippen molar-refractivity contribution in [3.63, 3.8) is 0 Å². The fraction of sp³-hybridized carbons (Fsp3) is 0.267. The Morgan fingerprint density at radius 1 is 1.30 bits per heavy atom. The molecule has 0 unspecified atom stereocenters. The van der Waals surface area contributed by atoms with Crippen molar-refractivity contribution in [2.75, 3.05) is 19.0 Å². The van der Waals surface area contributed by atoms with Gasteiger partial charge in [-0.3, -0.25) is 0 Å². The summed E-state index contributed by atoms with van der Waals surface area (Å²) >= 11 is 6.02. The molecule has 0 fully saturated rings. The smallest absolute Gasteiger partial charge is 0.237 e. The summed E-state index contributed by atoms with van der Waals surface area (Å²) in [5, 5.41) is 3.97. The van der Waals surface area contributed by atoms with Crippen LogP contribution >= 0.6 is 11.6 Å². The molecular weight excluding hydrogens is 276 g/mol. The largest absolute Gasteiger partial charge is 0.496 e. The third-order valence-electron chi connectivity index (χ3n) is 2.76. The third-order valence-corrected chi connectivity index (χ3v) is 3.00. The molecule has 2 rings (SSSR count). The quantitative estimate of drug-likeness (QED) is 0.880. The van der Waals surface area contributed by atoms with Gasteiger partial charge in [-0.25, -0.2) is 4.98 Å². The molecule has 4 nitrogen and oxygen atoms in total. The highest BCUT2D eigenvalue weighted by Crippen LogP contribution is 2.26. The van der Waals surface area contributed by atoms with Gasteiger partial charge in [-0.15, -0.1) is 0 Å². The number of ether oxygens (including phenoxy) is 2. The minimum Gasteiger partial charge on any atom is -0.496 e. The van der Waals surface area contributed by atoms with Crippen LogP contribution in [0.5, 0.6) is 11.6 Å². The fourth-order valence-corrected chi connectivity index (χ4v) is 2.05. The Kier molecular flexibility index (Phi) is 5.07. The van der Waals surface area contributed by atoms with E-state index in [-0.39, 0.29) is 0 Å². The van der Waals surface area contributed by atoms with Gasteiger partial charge in [-0.2, -0.15) is 0 Å². The van der Waals surface area contributed by atoms with Gasteiger partial charge in [0.25, 0.3) is 0 Å². The third kappa shape index (κ3) is 3.54. The summed E-state index contributed by atoms with van der Waals surface area (Å²) in [6, 6.07) is 9.32. The van der Waals surface area contributed by atoms with E-state index < -0.39 is 0 Å². The summed E-state index contributed by atoms with van der Waals surface area (Å²) in [5.74, 6) is 1.39. The molecule has 0 saturated heterocycles. The Bertz CT molecular complexity index is 576. The van der Waals surface area contributed by atoms with E-state index in [1.165, 1.54) is 0 Å². The van der Waals surface area contributed by atoms with E-state index in [0.717, 1.165) is 17.0 Å². The maximum absolute atomic E-state index is 6.02. The summed E-state index contributed by atoms with van der Waals surface area (Å²) in [6.45, 7) is 3.08. The monoisotopic (exact) mass is 292 g/mol. The van der Waals surface area contributed by atoms with Gasteiger partial charge < -0.3 is 14.8 Å². The van der Waals surface area contributed by atoms with Crippen molar-refractivity contribution in [1.29, 1.82) is 0 Å². The van der Waals surface area contributed by atoms with Crippen LogP contribution in [0.15, 0.2) is 36.5 Å². The van der Waals surface area contributed by atoms with Crippen molar-refractivity contribution in [1.82, 2.24) is 4.98 Å². The zero-order valence-electron chi connectivity index (χ0n) is 11.5. The van der Waals surface area contributed by atoms with E-state index in [1.807, 2.05) is 31.2 Å². The van der Waals surface area contributed by atoms with Crippen LogP contribution in [0.1, 0.15) is 12.5 Å². The second-order valence-corrected chi connectivity index (χ2v) is 4.54. The highest BCUT2D eigenvalue weighted by Gasteiger charge is 2.07. The molecule has 2 aromatic rings. The summed E-state index contributed by atoms with van der Waals surface area (Å²) in [7, 11) is 1.64. The average Bonchev–Trinajstić information content (AvgIpc) is 2.47. The molecule has 0 aliphatic carbocycles. The van der Waals surface area contributed by atoms with Gasteiger partial charge in [-0.1, -0.05) is 11.6 Å². The topological polar surface area (TPSA) is 43.4 Å². The van der Waals surface area contributed by atoms with Crippen LogP contribution in [0, 0.1) is 0 Å². The summed E-state index contributed by atoms with van der Waals surface area (Å²) in [6.07, 6.45) is 1.70. The van der Waals surface area contributed by atoms with Crippen LogP contribution in [0.2, 0.25) is 5.02 Å². The highest BCUT2D eigenvalue weighted by molar-refractivity contribution is 6.30. The Morgan fingerprint density at radius 3 is 2.90 bits per heavy atom. The lowest BCUT2D eigenvalue weighted by atomic mass is 10.2. The van der Waals surface area contributed by atoms with Crippen molar-refractivity contribution in [2.24, 2.45) is 0 Å². The number of nitrogens with one attached hydrogen (secondary N) is 1. The van der Waals surface area contributed by atoms with E-state index in [9.17, 15) is 0 Å². The number of hydrogen-bond donors (Lipinski definition) is 1. The molecule has 20 heavy (non-hydrogen) atoms. The average molecular weight is 293 g/mol. The first-order valence-electron chi connectivity index (χ1n) is 6.38. The Morgan fingerprint density at radius 2 is 2.15 bits per heavy atom. The predicted octanol–water partition coefficient (Wildman–Crippen LogP) is 3.75. The number of benzene rings is 1. The van der Waals surface area contributed by atoms with Crippen LogP contribution in [-0.2, 0) is 6.54 Å². The number of rotatable bonds is 6.